The molecule has 16 heavy (non-hydrogen) atoms. The van der Waals surface area contributed by atoms with E-state index in [0.717, 1.165) is 32.6 Å². The van der Waals surface area contributed by atoms with Crippen molar-refractivity contribution in [2.24, 2.45) is 11.1 Å². The molecular weight excluding hydrogens is 202 g/mol. The lowest BCUT2D eigenvalue weighted by Crippen LogP contribution is -2.42. The topological polar surface area (TPSA) is 58.4 Å². The number of hydrogen-bond donors (Lipinski definition) is 2. The third-order valence-corrected chi connectivity index (χ3v) is 2.96. The van der Waals surface area contributed by atoms with Crippen molar-refractivity contribution in [1.82, 2.24) is 10.2 Å². The van der Waals surface area contributed by atoms with Gasteiger partial charge in [0, 0.05) is 13.1 Å². The van der Waals surface area contributed by atoms with Crippen molar-refractivity contribution in [1.29, 1.82) is 0 Å². The van der Waals surface area contributed by atoms with Gasteiger partial charge in [0.25, 0.3) is 0 Å². The number of rotatable bonds is 8. The van der Waals surface area contributed by atoms with E-state index in [1.807, 2.05) is 13.8 Å². The van der Waals surface area contributed by atoms with E-state index in [2.05, 4.69) is 24.1 Å². The van der Waals surface area contributed by atoms with E-state index in [-0.39, 0.29) is 5.91 Å². The highest BCUT2D eigenvalue weighted by atomic mass is 16.2. The smallest absolute Gasteiger partial charge is 0.226 e. The van der Waals surface area contributed by atoms with E-state index in [1.165, 1.54) is 0 Å². The summed E-state index contributed by atoms with van der Waals surface area (Å²) in [6.07, 6.45) is 0.994. The van der Waals surface area contributed by atoms with Crippen LogP contribution in [0.2, 0.25) is 0 Å². The number of hydrogen-bond acceptors (Lipinski definition) is 3. The van der Waals surface area contributed by atoms with Crippen LogP contribution in [0.25, 0.3) is 0 Å². The average Bonchev–Trinajstić information content (AvgIpc) is 2.29. The van der Waals surface area contributed by atoms with Crippen LogP contribution in [0.15, 0.2) is 0 Å². The Morgan fingerprint density at radius 1 is 1.31 bits per heavy atom. The third kappa shape index (κ3) is 5.47. The lowest BCUT2D eigenvalue weighted by Gasteiger charge is -2.22. The fourth-order valence-electron chi connectivity index (χ4n) is 1.38. The largest absolute Gasteiger partial charge is 0.356 e. The van der Waals surface area contributed by atoms with E-state index < -0.39 is 5.41 Å². The fraction of sp³-hybridized carbons (Fsp3) is 0.917. The van der Waals surface area contributed by atoms with Crippen molar-refractivity contribution in [2.45, 2.75) is 34.1 Å². The minimum Gasteiger partial charge on any atom is -0.356 e. The summed E-state index contributed by atoms with van der Waals surface area (Å²) in [7, 11) is 0. The lowest BCUT2D eigenvalue weighted by molar-refractivity contribution is -0.128. The molecule has 0 aliphatic carbocycles. The van der Waals surface area contributed by atoms with Gasteiger partial charge in [0.05, 0.1) is 5.41 Å². The van der Waals surface area contributed by atoms with Gasteiger partial charge in [-0.25, -0.2) is 0 Å². The van der Waals surface area contributed by atoms with Gasteiger partial charge in [0.1, 0.15) is 0 Å². The van der Waals surface area contributed by atoms with Gasteiger partial charge in [-0.2, -0.15) is 0 Å². The third-order valence-electron chi connectivity index (χ3n) is 2.96. The molecule has 0 bridgehead atoms. The number of carbonyl (C=O) groups excluding carboxylic acids is 1. The van der Waals surface area contributed by atoms with Crippen LogP contribution < -0.4 is 11.1 Å². The van der Waals surface area contributed by atoms with E-state index >= 15 is 0 Å². The monoisotopic (exact) mass is 229 g/mol. The number of nitrogens with zero attached hydrogens (tertiary/aromatic N) is 1. The summed E-state index contributed by atoms with van der Waals surface area (Å²) < 4.78 is 0. The molecule has 4 nitrogen and oxygen atoms in total. The van der Waals surface area contributed by atoms with Crippen LogP contribution in [0.3, 0.4) is 0 Å². The standard InChI is InChI=1S/C12H27N3O/c1-5-15(6-2)9-7-8-14-11(16)12(3,4)10-13/h5-10,13H2,1-4H3,(H,14,16). The molecule has 3 N–H and O–H groups in total. The van der Waals surface area contributed by atoms with Gasteiger partial charge in [0.2, 0.25) is 5.91 Å². The van der Waals surface area contributed by atoms with Crippen LogP contribution in [-0.4, -0.2) is 43.5 Å². The number of nitrogens with one attached hydrogen (secondary N) is 1. The molecule has 0 aliphatic heterocycles. The van der Waals surface area contributed by atoms with Crippen LogP contribution >= 0.6 is 0 Å². The van der Waals surface area contributed by atoms with Crippen LogP contribution in [-0.2, 0) is 4.79 Å². The second-order valence-corrected chi connectivity index (χ2v) is 4.72. The molecule has 0 radical (unpaired) electrons. The molecule has 0 atom stereocenters. The van der Waals surface area contributed by atoms with Gasteiger partial charge < -0.3 is 16.0 Å². The van der Waals surface area contributed by atoms with Crippen LogP contribution in [0, 0.1) is 5.41 Å². The molecule has 0 unspecified atom stereocenters. The van der Waals surface area contributed by atoms with E-state index in [4.69, 9.17) is 5.73 Å². The number of nitrogens with two attached hydrogens (primary N) is 1. The minimum absolute atomic E-state index is 0.0505. The summed E-state index contributed by atoms with van der Waals surface area (Å²) in [5.41, 5.74) is 5.08. The molecule has 0 saturated heterocycles. The zero-order valence-electron chi connectivity index (χ0n) is 11.2. The Morgan fingerprint density at radius 3 is 2.31 bits per heavy atom. The maximum absolute atomic E-state index is 11.7. The van der Waals surface area contributed by atoms with Gasteiger partial charge in [-0.05, 0) is 39.9 Å². The highest BCUT2D eigenvalue weighted by molar-refractivity contribution is 5.81. The van der Waals surface area contributed by atoms with Crippen molar-refractivity contribution in [3.05, 3.63) is 0 Å². The van der Waals surface area contributed by atoms with Gasteiger partial charge in [-0.3, -0.25) is 4.79 Å². The van der Waals surface area contributed by atoms with Crippen molar-refractivity contribution in [3.63, 3.8) is 0 Å². The minimum atomic E-state index is -0.449. The number of amides is 1. The number of carbonyl (C=O) groups is 1. The molecule has 0 rings (SSSR count). The first-order valence-corrected chi connectivity index (χ1v) is 6.18. The van der Waals surface area contributed by atoms with Crippen LogP contribution in [0.1, 0.15) is 34.1 Å². The predicted octanol–water partition coefficient (Wildman–Crippen LogP) is 0.819. The summed E-state index contributed by atoms with van der Waals surface area (Å²) in [6, 6.07) is 0. The van der Waals surface area contributed by atoms with Gasteiger partial charge in [0.15, 0.2) is 0 Å². The summed E-state index contributed by atoms with van der Waals surface area (Å²) in [4.78, 5) is 14.0. The Bertz CT molecular complexity index is 200. The zero-order chi connectivity index (χ0) is 12.6. The quantitative estimate of drug-likeness (QED) is 0.606. The molecule has 1 amide bonds. The first kappa shape index (κ1) is 15.4. The molecule has 0 aliphatic rings. The molecule has 0 spiro atoms. The second kappa shape index (κ2) is 7.63. The lowest BCUT2D eigenvalue weighted by atomic mass is 9.93. The molecule has 4 heteroatoms. The van der Waals surface area contributed by atoms with Crippen LogP contribution in [0.5, 0.6) is 0 Å². The highest BCUT2D eigenvalue weighted by Crippen LogP contribution is 2.11. The average molecular weight is 229 g/mol. The van der Waals surface area contributed by atoms with Crippen molar-refractivity contribution in [3.8, 4) is 0 Å². The Labute approximate surface area is 99.6 Å². The van der Waals surface area contributed by atoms with Gasteiger partial charge in [-0.1, -0.05) is 13.8 Å². The van der Waals surface area contributed by atoms with Gasteiger partial charge in [-0.15, -0.1) is 0 Å². The zero-order valence-corrected chi connectivity index (χ0v) is 11.2. The normalized spacial score (nSPS) is 11.9. The maximum Gasteiger partial charge on any atom is 0.226 e. The highest BCUT2D eigenvalue weighted by Gasteiger charge is 2.24. The summed E-state index contributed by atoms with van der Waals surface area (Å²) >= 11 is 0. The molecule has 96 valence electrons. The van der Waals surface area contributed by atoms with E-state index in [9.17, 15) is 4.79 Å². The fourth-order valence-corrected chi connectivity index (χ4v) is 1.38. The van der Waals surface area contributed by atoms with E-state index in [0.29, 0.717) is 6.54 Å². The molecule has 0 fully saturated rings. The first-order chi connectivity index (χ1) is 7.47. The molecule has 0 aromatic heterocycles. The summed E-state index contributed by atoms with van der Waals surface area (Å²) in [5.74, 6) is 0.0505. The Balaban J connectivity index is 3.71. The summed E-state index contributed by atoms with van der Waals surface area (Å²) in [6.45, 7) is 12.3. The Morgan fingerprint density at radius 2 is 1.88 bits per heavy atom. The molecule has 0 aromatic carbocycles. The molecule has 0 saturated carbocycles. The van der Waals surface area contributed by atoms with Crippen molar-refractivity contribution >= 4 is 5.91 Å². The Hall–Kier alpha value is -0.610. The first-order valence-electron chi connectivity index (χ1n) is 6.18. The van der Waals surface area contributed by atoms with E-state index in [1.54, 1.807) is 0 Å². The second-order valence-electron chi connectivity index (χ2n) is 4.72. The van der Waals surface area contributed by atoms with Crippen molar-refractivity contribution < 1.29 is 4.79 Å². The summed E-state index contributed by atoms with van der Waals surface area (Å²) in [5, 5.41) is 2.93. The maximum atomic E-state index is 11.7. The molecular formula is C12H27N3O. The SMILES string of the molecule is CCN(CC)CCCNC(=O)C(C)(C)CN. The van der Waals surface area contributed by atoms with Crippen LogP contribution in [0.4, 0.5) is 0 Å². The molecule has 0 heterocycles. The Kier molecular flexibility index (Phi) is 7.34. The predicted molar refractivity (Wildman–Crippen MR) is 68.3 cm³/mol. The van der Waals surface area contributed by atoms with Crippen molar-refractivity contribution in [2.75, 3.05) is 32.7 Å². The van der Waals surface area contributed by atoms with Gasteiger partial charge >= 0.3 is 0 Å². The molecule has 0 aromatic rings.